The number of rotatable bonds is 4. The molecular formula is C7H9FN2O. The van der Waals surface area contributed by atoms with Crippen LogP contribution < -0.4 is 5.32 Å². The molecule has 0 aromatic carbocycles. The second-order valence-corrected chi connectivity index (χ2v) is 1.73. The van der Waals surface area contributed by atoms with Crippen LogP contribution >= 0.6 is 0 Å². The molecule has 0 spiro atoms. The highest BCUT2D eigenvalue weighted by Gasteiger charge is 1.94. The number of hydrogen-bond acceptors (Lipinski definition) is 2. The molecule has 0 unspecified atom stereocenters. The number of halogens is 1. The largest absolute Gasteiger partial charge is 0.344 e. The van der Waals surface area contributed by atoms with Gasteiger partial charge in [-0.05, 0) is 0 Å². The smallest absolute Gasteiger partial charge is 0.175 e. The molecular weight excluding hydrogens is 147 g/mol. The lowest BCUT2D eigenvalue weighted by atomic mass is 10.3. The highest BCUT2D eigenvalue weighted by atomic mass is 19.1. The summed E-state index contributed by atoms with van der Waals surface area (Å²) in [6, 6.07) is 0. The van der Waals surface area contributed by atoms with Crippen LogP contribution in [0.2, 0.25) is 0 Å². The van der Waals surface area contributed by atoms with Crippen molar-refractivity contribution >= 4 is 12.1 Å². The number of nitrogens with zero attached hydrogens (tertiary/aromatic N) is 1. The van der Waals surface area contributed by atoms with Gasteiger partial charge in [-0.15, -0.1) is 0 Å². The van der Waals surface area contributed by atoms with Crippen molar-refractivity contribution in [1.29, 1.82) is 0 Å². The average molecular weight is 156 g/mol. The molecule has 0 amide bonds. The normalized spacial score (nSPS) is 10.7. The van der Waals surface area contributed by atoms with Crippen molar-refractivity contribution in [2.75, 3.05) is 0 Å². The van der Waals surface area contributed by atoms with Gasteiger partial charge in [-0.25, -0.2) is 9.38 Å². The monoisotopic (exact) mass is 156 g/mol. The van der Waals surface area contributed by atoms with Crippen LogP contribution in [0.1, 0.15) is 6.92 Å². The highest BCUT2D eigenvalue weighted by molar-refractivity contribution is 5.94. The van der Waals surface area contributed by atoms with Crippen LogP contribution in [0.25, 0.3) is 0 Å². The van der Waals surface area contributed by atoms with Gasteiger partial charge in [0.15, 0.2) is 5.78 Å². The molecule has 0 fully saturated rings. The van der Waals surface area contributed by atoms with Gasteiger partial charge in [-0.3, -0.25) is 4.79 Å². The number of aliphatic imine (C=N–C) groups is 1. The second-order valence-electron chi connectivity index (χ2n) is 1.73. The number of ketones is 1. The lowest BCUT2D eigenvalue weighted by molar-refractivity contribution is -0.113. The number of carbonyl (C=O) groups excluding carboxylic acids is 1. The molecule has 0 heterocycles. The van der Waals surface area contributed by atoms with Gasteiger partial charge in [0.1, 0.15) is 6.33 Å². The number of allylic oxidation sites excluding steroid dienone is 1. The van der Waals surface area contributed by atoms with Gasteiger partial charge in [-0.1, -0.05) is 6.58 Å². The van der Waals surface area contributed by atoms with Crippen molar-refractivity contribution in [2.24, 2.45) is 4.99 Å². The Balaban J connectivity index is 3.71. The zero-order valence-corrected chi connectivity index (χ0v) is 6.17. The molecule has 0 atom stereocenters. The Morgan fingerprint density at radius 3 is 2.82 bits per heavy atom. The Kier molecular flexibility index (Phi) is 4.64. The Hall–Kier alpha value is -1.45. The third-order valence-corrected chi connectivity index (χ3v) is 0.881. The minimum atomic E-state index is -0.180. The summed E-state index contributed by atoms with van der Waals surface area (Å²) in [6.45, 7) is 4.75. The molecule has 0 radical (unpaired) electrons. The molecule has 0 saturated carbocycles. The standard InChI is InChI=1S/C7H9FN2O/c1-6(7(2)11)10-5-9-4-3-8/h3-5H,1H2,2H3,(H,9,10)/b4-3+. The summed E-state index contributed by atoms with van der Waals surface area (Å²) in [5.74, 6) is -0.180. The molecule has 0 rings (SSSR count). The van der Waals surface area contributed by atoms with E-state index in [1.165, 1.54) is 13.3 Å². The van der Waals surface area contributed by atoms with E-state index in [0.717, 1.165) is 6.20 Å². The third kappa shape index (κ3) is 5.02. The quantitative estimate of drug-likeness (QED) is 0.377. The number of hydrogen-bond donors (Lipinski definition) is 1. The zero-order valence-electron chi connectivity index (χ0n) is 6.17. The van der Waals surface area contributed by atoms with E-state index in [4.69, 9.17) is 0 Å². The Morgan fingerprint density at radius 2 is 2.36 bits per heavy atom. The van der Waals surface area contributed by atoms with Crippen LogP contribution in [0, 0.1) is 0 Å². The summed E-state index contributed by atoms with van der Waals surface area (Å²) >= 11 is 0. The summed E-state index contributed by atoms with van der Waals surface area (Å²) in [5.41, 5.74) is 0.223. The predicted molar refractivity (Wildman–Crippen MR) is 41.7 cm³/mol. The molecule has 11 heavy (non-hydrogen) atoms. The molecule has 4 heteroatoms. The van der Waals surface area contributed by atoms with E-state index in [1.807, 2.05) is 0 Å². The van der Waals surface area contributed by atoms with E-state index in [9.17, 15) is 9.18 Å². The maximum absolute atomic E-state index is 11.3. The Morgan fingerprint density at radius 1 is 1.73 bits per heavy atom. The van der Waals surface area contributed by atoms with Crippen LogP contribution in [0.4, 0.5) is 4.39 Å². The maximum Gasteiger partial charge on any atom is 0.175 e. The number of nitrogens with one attached hydrogen (secondary N) is 1. The van der Waals surface area contributed by atoms with Crippen LogP contribution in [0.5, 0.6) is 0 Å². The van der Waals surface area contributed by atoms with Gasteiger partial charge in [-0.2, -0.15) is 0 Å². The minimum absolute atomic E-state index is 0.180. The van der Waals surface area contributed by atoms with E-state index in [1.54, 1.807) is 0 Å². The van der Waals surface area contributed by atoms with Gasteiger partial charge in [0.05, 0.1) is 18.2 Å². The molecule has 0 aromatic heterocycles. The molecule has 0 aliphatic rings. The average Bonchev–Trinajstić information content (AvgIpc) is 1.97. The van der Waals surface area contributed by atoms with Crippen molar-refractivity contribution in [2.45, 2.75) is 6.92 Å². The molecule has 0 bridgehead atoms. The minimum Gasteiger partial charge on any atom is -0.344 e. The van der Waals surface area contributed by atoms with E-state index >= 15 is 0 Å². The third-order valence-electron chi connectivity index (χ3n) is 0.881. The molecule has 1 N–H and O–H groups in total. The molecule has 60 valence electrons. The van der Waals surface area contributed by atoms with Crippen LogP contribution in [0.3, 0.4) is 0 Å². The van der Waals surface area contributed by atoms with Crippen LogP contribution in [-0.4, -0.2) is 12.1 Å². The van der Waals surface area contributed by atoms with Crippen molar-refractivity contribution in [3.8, 4) is 0 Å². The first kappa shape index (κ1) is 9.55. The molecule has 0 aromatic rings. The van der Waals surface area contributed by atoms with E-state index < -0.39 is 0 Å². The summed E-state index contributed by atoms with van der Waals surface area (Å²) in [5, 5.41) is 2.46. The van der Waals surface area contributed by atoms with Gasteiger partial charge >= 0.3 is 0 Å². The van der Waals surface area contributed by atoms with E-state index in [2.05, 4.69) is 16.9 Å². The van der Waals surface area contributed by atoms with Gasteiger partial charge in [0, 0.05) is 6.92 Å². The first-order valence-corrected chi connectivity index (χ1v) is 2.91. The predicted octanol–water partition coefficient (Wildman–Crippen LogP) is 1.15. The fraction of sp³-hybridized carbons (Fsp3) is 0.143. The lowest BCUT2D eigenvalue weighted by Crippen LogP contribution is -2.14. The van der Waals surface area contributed by atoms with Crippen molar-refractivity contribution < 1.29 is 9.18 Å². The first-order valence-electron chi connectivity index (χ1n) is 2.91. The second kappa shape index (κ2) is 5.34. The molecule has 3 nitrogen and oxygen atoms in total. The lowest BCUT2D eigenvalue weighted by Gasteiger charge is -1.96. The summed E-state index contributed by atoms with van der Waals surface area (Å²) in [4.78, 5) is 13.9. The van der Waals surface area contributed by atoms with E-state index in [-0.39, 0.29) is 17.8 Å². The number of carbonyl (C=O) groups is 1. The SMILES string of the molecule is C=C(NC=N/C=C/F)C(C)=O. The Labute approximate surface area is 64.3 Å². The molecule has 0 aliphatic heterocycles. The van der Waals surface area contributed by atoms with Gasteiger partial charge in [0.25, 0.3) is 0 Å². The van der Waals surface area contributed by atoms with Crippen LogP contribution in [0.15, 0.2) is 29.8 Å². The summed E-state index contributed by atoms with van der Waals surface area (Å²) in [6.07, 6.45) is 2.41. The summed E-state index contributed by atoms with van der Waals surface area (Å²) in [7, 11) is 0. The molecule has 0 aliphatic carbocycles. The van der Waals surface area contributed by atoms with Crippen LogP contribution in [-0.2, 0) is 4.79 Å². The highest BCUT2D eigenvalue weighted by Crippen LogP contribution is 1.82. The summed E-state index contributed by atoms with van der Waals surface area (Å²) < 4.78 is 11.3. The van der Waals surface area contributed by atoms with Crippen molar-refractivity contribution in [3.05, 3.63) is 24.8 Å². The number of Topliss-reactive ketones (excluding diaryl/α,β-unsaturated/α-hetero) is 1. The fourth-order valence-electron chi connectivity index (χ4n) is 0.292. The van der Waals surface area contributed by atoms with Gasteiger partial charge < -0.3 is 5.32 Å². The molecule has 0 saturated heterocycles. The van der Waals surface area contributed by atoms with E-state index in [0.29, 0.717) is 0 Å². The fourth-order valence-corrected chi connectivity index (χ4v) is 0.292. The maximum atomic E-state index is 11.3. The topological polar surface area (TPSA) is 41.5 Å². The van der Waals surface area contributed by atoms with Crippen molar-refractivity contribution in [3.63, 3.8) is 0 Å². The Bertz CT molecular complexity index is 208. The van der Waals surface area contributed by atoms with Gasteiger partial charge in [0.2, 0.25) is 0 Å². The zero-order chi connectivity index (χ0) is 8.69. The first-order chi connectivity index (χ1) is 5.18. The van der Waals surface area contributed by atoms with Crippen molar-refractivity contribution in [1.82, 2.24) is 5.32 Å².